The summed E-state index contributed by atoms with van der Waals surface area (Å²) in [7, 11) is 1.59. The molecular weight excluding hydrogens is 468 g/mol. The minimum Gasteiger partial charge on any atom is -0.497 e. The molecule has 0 radical (unpaired) electrons. The van der Waals surface area contributed by atoms with Gasteiger partial charge in [-0.2, -0.15) is 5.26 Å². The summed E-state index contributed by atoms with van der Waals surface area (Å²) < 4.78 is 6.98. The van der Waals surface area contributed by atoms with E-state index in [4.69, 9.17) is 9.72 Å². The van der Waals surface area contributed by atoms with Crippen LogP contribution < -0.4 is 15.6 Å². The molecule has 5 rings (SSSR count). The molecule has 9 heteroatoms. The van der Waals surface area contributed by atoms with Gasteiger partial charge in [-0.1, -0.05) is 17.8 Å². The zero-order valence-corrected chi connectivity index (χ0v) is 20.7. The first-order chi connectivity index (χ1) is 16.5. The van der Waals surface area contributed by atoms with Crippen molar-refractivity contribution in [1.29, 1.82) is 5.26 Å². The second kappa shape index (κ2) is 9.43. The lowest BCUT2D eigenvalue weighted by molar-refractivity contribution is -0.119. The maximum Gasteiger partial charge on any atom is 0.267 e. The fourth-order valence-electron chi connectivity index (χ4n) is 4.94. The van der Waals surface area contributed by atoms with E-state index >= 15 is 0 Å². The van der Waals surface area contributed by atoms with Crippen LogP contribution in [0.15, 0.2) is 34.2 Å². The van der Waals surface area contributed by atoms with Crippen molar-refractivity contribution in [3.05, 3.63) is 45.1 Å². The number of nitriles is 1. The van der Waals surface area contributed by atoms with Crippen LogP contribution in [0.4, 0.5) is 0 Å². The quantitative estimate of drug-likeness (QED) is 0.404. The molecule has 34 heavy (non-hydrogen) atoms. The maximum absolute atomic E-state index is 13.8. The minimum absolute atomic E-state index is 0.0798. The highest BCUT2D eigenvalue weighted by Crippen LogP contribution is 2.35. The molecule has 2 aromatic heterocycles. The largest absolute Gasteiger partial charge is 0.497 e. The average molecular weight is 495 g/mol. The van der Waals surface area contributed by atoms with Crippen LogP contribution in [0.5, 0.6) is 5.75 Å². The standard InChI is InChI=1S/C25H26N4O3S2/c1-32-17-8-6-7-16(13-17)29-23(31)21-18-9-2-3-10-19(18)34-22(21)27-24(29)33-14-20(30)28-25(15-26)11-4-5-12-25/h6-8,13H,2-5,9-12,14H2,1H3,(H,28,30). The lowest BCUT2D eigenvalue weighted by atomic mass is 9.97. The lowest BCUT2D eigenvalue weighted by Crippen LogP contribution is -2.45. The van der Waals surface area contributed by atoms with Crippen LogP contribution in [0.25, 0.3) is 15.9 Å². The Morgan fingerprint density at radius 2 is 2.09 bits per heavy atom. The average Bonchev–Trinajstić information content (AvgIpc) is 3.47. The van der Waals surface area contributed by atoms with Gasteiger partial charge in [0.1, 0.15) is 16.1 Å². The van der Waals surface area contributed by atoms with Crippen molar-refractivity contribution in [1.82, 2.24) is 14.9 Å². The monoisotopic (exact) mass is 494 g/mol. The van der Waals surface area contributed by atoms with Crippen molar-refractivity contribution >= 4 is 39.2 Å². The number of carbonyl (C=O) groups excluding carboxylic acids is 1. The summed E-state index contributed by atoms with van der Waals surface area (Å²) in [5.74, 6) is 0.504. The van der Waals surface area contributed by atoms with E-state index in [1.165, 1.54) is 16.6 Å². The van der Waals surface area contributed by atoms with E-state index in [2.05, 4.69) is 11.4 Å². The van der Waals surface area contributed by atoms with E-state index in [0.29, 0.717) is 34.8 Å². The number of aryl methyl sites for hydroxylation is 2. The third-order valence-electron chi connectivity index (χ3n) is 6.65. The number of hydrogen-bond acceptors (Lipinski definition) is 7. The molecular formula is C25H26N4O3S2. The van der Waals surface area contributed by atoms with Crippen LogP contribution in [0.2, 0.25) is 0 Å². The third kappa shape index (κ3) is 4.21. The van der Waals surface area contributed by atoms with E-state index < -0.39 is 5.54 Å². The number of amides is 1. The molecule has 0 spiro atoms. The van der Waals surface area contributed by atoms with E-state index in [9.17, 15) is 14.9 Å². The van der Waals surface area contributed by atoms with Gasteiger partial charge in [-0.25, -0.2) is 4.98 Å². The molecule has 0 aliphatic heterocycles. The summed E-state index contributed by atoms with van der Waals surface area (Å²) in [5, 5.41) is 13.7. The molecule has 0 bridgehead atoms. The van der Waals surface area contributed by atoms with E-state index in [1.54, 1.807) is 29.1 Å². The van der Waals surface area contributed by atoms with Crippen LogP contribution in [-0.4, -0.2) is 33.9 Å². The molecule has 2 aliphatic rings. The number of aromatic nitrogens is 2. The summed E-state index contributed by atoms with van der Waals surface area (Å²) in [5.41, 5.74) is 0.910. The first kappa shape index (κ1) is 22.9. The number of ether oxygens (including phenoxy) is 1. The van der Waals surface area contributed by atoms with Crippen LogP contribution in [0.1, 0.15) is 49.0 Å². The van der Waals surface area contributed by atoms with Crippen molar-refractivity contribution in [2.75, 3.05) is 12.9 Å². The Balaban J connectivity index is 1.54. The Morgan fingerprint density at radius 1 is 1.29 bits per heavy atom. The van der Waals surface area contributed by atoms with E-state index in [-0.39, 0.29) is 17.2 Å². The number of nitrogens with one attached hydrogen (secondary N) is 1. The van der Waals surface area contributed by atoms with Gasteiger partial charge in [-0.05, 0) is 69.1 Å². The number of carbonyl (C=O) groups is 1. The predicted molar refractivity (Wildman–Crippen MR) is 134 cm³/mol. The summed E-state index contributed by atoms with van der Waals surface area (Å²) in [6, 6.07) is 9.62. The Hall–Kier alpha value is -2.83. The Labute approximate surface area is 206 Å². The molecule has 1 saturated carbocycles. The number of thioether (sulfide) groups is 1. The molecule has 1 amide bonds. The topological polar surface area (TPSA) is 97.0 Å². The number of rotatable bonds is 6. The van der Waals surface area contributed by atoms with Gasteiger partial charge >= 0.3 is 0 Å². The van der Waals surface area contributed by atoms with Crippen molar-refractivity contribution < 1.29 is 9.53 Å². The highest BCUT2D eigenvalue weighted by Gasteiger charge is 2.35. The van der Waals surface area contributed by atoms with Gasteiger partial charge in [0.25, 0.3) is 5.56 Å². The molecule has 1 fully saturated rings. The fraction of sp³-hybridized carbons (Fsp3) is 0.440. The lowest BCUT2D eigenvalue weighted by Gasteiger charge is -2.22. The zero-order valence-electron chi connectivity index (χ0n) is 19.1. The van der Waals surface area contributed by atoms with Gasteiger partial charge in [0.15, 0.2) is 5.16 Å². The van der Waals surface area contributed by atoms with E-state index in [1.807, 2.05) is 18.2 Å². The van der Waals surface area contributed by atoms with Crippen LogP contribution >= 0.6 is 23.1 Å². The predicted octanol–water partition coefficient (Wildman–Crippen LogP) is 4.38. The highest BCUT2D eigenvalue weighted by molar-refractivity contribution is 7.99. The summed E-state index contributed by atoms with van der Waals surface area (Å²) >= 11 is 2.82. The molecule has 0 unspecified atom stereocenters. The molecule has 7 nitrogen and oxygen atoms in total. The second-order valence-corrected chi connectivity index (χ2v) is 10.9. The first-order valence-electron chi connectivity index (χ1n) is 11.6. The van der Waals surface area contributed by atoms with Gasteiger partial charge in [0, 0.05) is 10.9 Å². The van der Waals surface area contributed by atoms with Crippen molar-refractivity contribution in [2.45, 2.75) is 62.1 Å². The smallest absolute Gasteiger partial charge is 0.267 e. The van der Waals surface area contributed by atoms with Gasteiger partial charge in [-0.3, -0.25) is 14.2 Å². The van der Waals surface area contributed by atoms with Crippen molar-refractivity contribution in [3.63, 3.8) is 0 Å². The summed E-state index contributed by atoms with van der Waals surface area (Å²) in [6.45, 7) is 0. The molecule has 0 atom stereocenters. The van der Waals surface area contributed by atoms with Crippen LogP contribution in [-0.2, 0) is 17.6 Å². The van der Waals surface area contributed by atoms with Gasteiger partial charge < -0.3 is 10.1 Å². The Bertz CT molecular complexity index is 1350. The number of methoxy groups -OCH3 is 1. The van der Waals surface area contributed by atoms with Gasteiger partial charge in [-0.15, -0.1) is 11.3 Å². The van der Waals surface area contributed by atoms with Crippen LogP contribution in [0.3, 0.4) is 0 Å². The number of benzene rings is 1. The number of thiophene rings is 1. The molecule has 1 N–H and O–H groups in total. The molecule has 1 aromatic carbocycles. The zero-order chi connectivity index (χ0) is 23.7. The SMILES string of the molecule is COc1cccc(-n2c(SCC(=O)NC3(C#N)CCCC3)nc3sc4c(c3c2=O)CCCC4)c1. The number of fused-ring (bicyclic) bond motifs is 3. The Morgan fingerprint density at radius 3 is 2.85 bits per heavy atom. The van der Waals surface area contributed by atoms with E-state index in [0.717, 1.165) is 48.9 Å². The maximum atomic E-state index is 13.8. The highest BCUT2D eigenvalue weighted by atomic mass is 32.2. The molecule has 0 saturated heterocycles. The van der Waals surface area contributed by atoms with Crippen molar-refractivity contribution in [3.8, 4) is 17.5 Å². The summed E-state index contributed by atoms with van der Waals surface area (Å²) in [6.07, 6.45) is 7.33. The molecule has 176 valence electrons. The van der Waals surface area contributed by atoms with Gasteiger partial charge in [0.2, 0.25) is 5.91 Å². The van der Waals surface area contributed by atoms with Gasteiger partial charge in [0.05, 0.1) is 30.0 Å². The molecule has 2 aliphatic carbocycles. The fourth-order valence-corrected chi connectivity index (χ4v) is 7.05. The number of nitrogens with zero attached hydrogens (tertiary/aromatic N) is 3. The first-order valence-corrected chi connectivity index (χ1v) is 13.4. The van der Waals surface area contributed by atoms with Crippen molar-refractivity contribution in [2.24, 2.45) is 0 Å². The van der Waals surface area contributed by atoms with Crippen LogP contribution in [0, 0.1) is 11.3 Å². The second-order valence-electron chi connectivity index (χ2n) is 8.87. The Kier molecular flexibility index (Phi) is 6.36. The molecule has 2 heterocycles. The third-order valence-corrected chi connectivity index (χ3v) is 8.78. The number of hydrogen-bond donors (Lipinski definition) is 1. The minimum atomic E-state index is -0.770. The molecule has 3 aromatic rings. The normalized spacial score (nSPS) is 16.7. The summed E-state index contributed by atoms with van der Waals surface area (Å²) in [4.78, 5) is 33.5.